The Balaban J connectivity index is 1.57. The number of aryl methyl sites for hydroxylation is 1. The summed E-state index contributed by atoms with van der Waals surface area (Å²) in [7, 11) is -3.77. The average molecular weight is 478 g/mol. The lowest BCUT2D eigenvalue weighted by Gasteiger charge is -2.26. The Kier molecular flexibility index (Phi) is 6.27. The Morgan fingerprint density at radius 3 is 2.47 bits per heavy atom. The molecule has 2 aromatic carbocycles. The van der Waals surface area contributed by atoms with Gasteiger partial charge in [-0.25, -0.2) is 22.5 Å². The largest absolute Gasteiger partial charge is 0.319 e. The van der Waals surface area contributed by atoms with E-state index in [9.17, 15) is 17.6 Å². The van der Waals surface area contributed by atoms with Gasteiger partial charge in [0.05, 0.1) is 10.7 Å². The number of carbonyl (C=O) groups excluding carboxylic acids is 1. The molecule has 0 radical (unpaired) electrons. The van der Waals surface area contributed by atoms with Gasteiger partial charge < -0.3 is 5.32 Å². The zero-order valence-electron chi connectivity index (χ0n) is 17.3. The third-order valence-corrected chi connectivity index (χ3v) is 7.55. The molecule has 1 aliphatic rings. The smallest absolute Gasteiger partial charge is 0.295 e. The first-order valence-electron chi connectivity index (χ1n) is 10.1. The van der Waals surface area contributed by atoms with E-state index in [2.05, 4.69) is 15.4 Å². The summed E-state index contributed by atoms with van der Waals surface area (Å²) in [5, 5.41) is 6.90. The van der Waals surface area contributed by atoms with Crippen LogP contribution in [0.3, 0.4) is 0 Å². The van der Waals surface area contributed by atoms with Crippen LogP contribution in [0.5, 0.6) is 0 Å². The lowest BCUT2D eigenvalue weighted by Crippen LogP contribution is -2.35. The molecule has 168 valence electrons. The standard InChI is InChI=1S/C21H21ClFN5O3S/c1-14-24-20(26-28(14)17-8-5-15(23)6-9-17)21(29)25-16-7-10-18(22)19(13-16)32(30,31)27-11-3-2-4-12-27/h5-10,13H,2-4,11-12H2,1H3,(H,25,29). The predicted octanol–water partition coefficient (Wildman–Crippen LogP) is 3.80. The van der Waals surface area contributed by atoms with E-state index >= 15 is 0 Å². The van der Waals surface area contributed by atoms with Crippen molar-refractivity contribution in [3.05, 3.63) is 65.0 Å². The molecule has 2 heterocycles. The zero-order valence-corrected chi connectivity index (χ0v) is 18.8. The van der Waals surface area contributed by atoms with Crippen molar-refractivity contribution in [3.63, 3.8) is 0 Å². The van der Waals surface area contributed by atoms with Crippen LogP contribution >= 0.6 is 11.6 Å². The lowest BCUT2D eigenvalue weighted by molar-refractivity contribution is 0.101. The Bertz CT molecular complexity index is 1250. The number of sulfonamides is 1. The first-order chi connectivity index (χ1) is 15.3. The number of hydrogen-bond donors (Lipinski definition) is 1. The molecule has 1 amide bonds. The summed E-state index contributed by atoms with van der Waals surface area (Å²) in [6.07, 6.45) is 2.59. The minimum absolute atomic E-state index is 0.0557. The van der Waals surface area contributed by atoms with Gasteiger partial charge in [0.1, 0.15) is 16.5 Å². The fourth-order valence-corrected chi connectivity index (χ4v) is 5.54. The maximum Gasteiger partial charge on any atom is 0.295 e. The molecule has 1 saturated heterocycles. The van der Waals surface area contributed by atoms with Crippen LogP contribution in [0, 0.1) is 12.7 Å². The van der Waals surface area contributed by atoms with Crippen molar-refractivity contribution in [2.45, 2.75) is 31.1 Å². The monoisotopic (exact) mass is 477 g/mol. The molecule has 1 fully saturated rings. The molecule has 32 heavy (non-hydrogen) atoms. The zero-order chi connectivity index (χ0) is 22.9. The molecule has 0 spiro atoms. The van der Waals surface area contributed by atoms with E-state index in [1.165, 1.54) is 51.5 Å². The van der Waals surface area contributed by atoms with Gasteiger partial charge in [-0.05, 0) is 62.2 Å². The number of rotatable bonds is 5. The number of anilines is 1. The van der Waals surface area contributed by atoms with E-state index < -0.39 is 15.9 Å². The molecule has 0 unspecified atom stereocenters. The van der Waals surface area contributed by atoms with Gasteiger partial charge >= 0.3 is 0 Å². The normalized spacial score (nSPS) is 15.0. The maximum absolute atomic E-state index is 13.2. The van der Waals surface area contributed by atoms with Crippen LogP contribution in [0.4, 0.5) is 10.1 Å². The molecule has 1 aromatic heterocycles. The van der Waals surface area contributed by atoms with E-state index in [4.69, 9.17) is 11.6 Å². The molecular weight excluding hydrogens is 457 g/mol. The highest BCUT2D eigenvalue weighted by Crippen LogP contribution is 2.29. The summed E-state index contributed by atoms with van der Waals surface area (Å²) in [5.74, 6) is -0.673. The van der Waals surface area contributed by atoms with Crippen molar-refractivity contribution in [1.82, 2.24) is 19.1 Å². The van der Waals surface area contributed by atoms with Crippen LogP contribution in [-0.4, -0.2) is 46.5 Å². The Morgan fingerprint density at radius 2 is 1.78 bits per heavy atom. The molecular formula is C21H21ClFN5O3S. The topological polar surface area (TPSA) is 97.2 Å². The second-order valence-corrected chi connectivity index (χ2v) is 9.75. The van der Waals surface area contributed by atoms with Crippen LogP contribution < -0.4 is 5.32 Å². The highest BCUT2D eigenvalue weighted by molar-refractivity contribution is 7.89. The van der Waals surface area contributed by atoms with E-state index in [1.807, 2.05) is 0 Å². The number of benzene rings is 2. The fraction of sp³-hybridized carbons (Fsp3) is 0.286. The number of nitrogens with zero attached hydrogens (tertiary/aromatic N) is 4. The van der Waals surface area contributed by atoms with Gasteiger partial charge in [-0.1, -0.05) is 18.0 Å². The van der Waals surface area contributed by atoms with Crippen molar-refractivity contribution in [2.24, 2.45) is 0 Å². The Labute approximate surface area is 190 Å². The Morgan fingerprint density at radius 1 is 1.09 bits per heavy atom. The van der Waals surface area contributed by atoms with Gasteiger partial charge in [0, 0.05) is 18.8 Å². The molecule has 0 saturated carbocycles. The van der Waals surface area contributed by atoms with Crippen molar-refractivity contribution < 1.29 is 17.6 Å². The average Bonchev–Trinajstić information content (AvgIpc) is 3.18. The van der Waals surface area contributed by atoms with E-state index in [-0.39, 0.29) is 27.2 Å². The van der Waals surface area contributed by atoms with Crippen LogP contribution in [0.15, 0.2) is 47.4 Å². The summed E-state index contributed by atoms with van der Waals surface area (Å²) < 4.78 is 42.0. The number of hydrogen-bond acceptors (Lipinski definition) is 5. The molecule has 11 heteroatoms. The number of aromatic nitrogens is 3. The first kappa shape index (κ1) is 22.4. The first-order valence-corrected chi connectivity index (χ1v) is 11.9. The van der Waals surface area contributed by atoms with Crippen LogP contribution in [0.2, 0.25) is 5.02 Å². The predicted molar refractivity (Wildman–Crippen MR) is 118 cm³/mol. The van der Waals surface area contributed by atoms with Gasteiger partial charge in [-0.3, -0.25) is 4.79 Å². The van der Waals surface area contributed by atoms with Gasteiger partial charge in [0.15, 0.2) is 0 Å². The summed E-state index contributed by atoms with van der Waals surface area (Å²) in [6.45, 7) is 2.55. The van der Waals surface area contributed by atoms with E-state index in [1.54, 1.807) is 6.92 Å². The molecule has 4 rings (SSSR count). The second kappa shape index (κ2) is 8.97. The van der Waals surface area contributed by atoms with Crippen LogP contribution in [0.1, 0.15) is 35.7 Å². The maximum atomic E-state index is 13.2. The summed E-state index contributed by atoms with van der Waals surface area (Å²) >= 11 is 6.18. The van der Waals surface area contributed by atoms with Crippen molar-refractivity contribution in [2.75, 3.05) is 18.4 Å². The highest BCUT2D eigenvalue weighted by Gasteiger charge is 2.28. The highest BCUT2D eigenvalue weighted by atomic mass is 35.5. The number of nitrogens with one attached hydrogen (secondary N) is 1. The molecule has 1 aliphatic heterocycles. The quantitative estimate of drug-likeness (QED) is 0.603. The lowest BCUT2D eigenvalue weighted by atomic mass is 10.2. The SMILES string of the molecule is Cc1nc(C(=O)Nc2ccc(Cl)c(S(=O)(=O)N3CCCCC3)c2)nn1-c1ccc(F)cc1. The van der Waals surface area contributed by atoms with Gasteiger partial charge in [-0.2, -0.15) is 4.31 Å². The van der Waals surface area contributed by atoms with Crippen LogP contribution in [0.25, 0.3) is 5.69 Å². The van der Waals surface area contributed by atoms with Crippen molar-refractivity contribution in [1.29, 1.82) is 0 Å². The van der Waals surface area contributed by atoms with E-state index in [0.717, 1.165) is 19.3 Å². The minimum Gasteiger partial charge on any atom is -0.319 e. The number of halogens is 2. The number of piperidine rings is 1. The molecule has 0 aliphatic carbocycles. The third kappa shape index (κ3) is 4.52. The molecule has 3 aromatic rings. The minimum atomic E-state index is -3.77. The number of amides is 1. The molecule has 0 bridgehead atoms. The fourth-order valence-electron chi connectivity index (χ4n) is 3.52. The summed E-state index contributed by atoms with van der Waals surface area (Å²) in [5.41, 5.74) is 0.808. The molecule has 8 nitrogen and oxygen atoms in total. The molecule has 1 N–H and O–H groups in total. The third-order valence-electron chi connectivity index (χ3n) is 5.17. The van der Waals surface area contributed by atoms with Crippen molar-refractivity contribution >= 4 is 33.2 Å². The van der Waals surface area contributed by atoms with Gasteiger partial charge in [0.2, 0.25) is 15.8 Å². The number of carbonyl (C=O) groups is 1. The van der Waals surface area contributed by atoms with Crippen molar-refractivity contribution in [3.8, 4) is 5.69 Å². The van der Waals surface area contributed by atoms with Gasteiger partial charge in [0.25, 0.3) is 5.91 Å². The van der Waals surface area contributed by atoms with E-state index in [0.29, 0.717) is 24.6 Å². The summed E-state index contributed by atoms with van der Waals surface area (Å²) in [6, 6.07) is 9.91. The van der Waals surface area contributed by atoms with Crippen LogP contribution in [-0.2, 0) is 10.0 Å². The Hall–Kier alpha value is -2.82. The van der Waals surface area contributed by atoms with Gasteiger partial charge in [-0.15, -0.1) is 5.10 Å². The summed E-state index contributed by atoms with van der Waals surface area (Å²) in [4.78, 5) is 16.8. The second-order valence-electron chi connectivity index (χ2n) is 7.43. The molecule has 0 atom stereocenters.